The number of hydrogen-bond donors (Lipinski definition) is 1. The lowest BCUT2D eigenvalue weighted by Crippen LogP contribution is -2.32. The van der Waals surface area contributed by atoms with E-state index in [1.165, 1.54) is 5.56 Å². The van der Waals surface area contributed by atoms with Crippen molar-refractivity contribution >= 4 is 18.3 Å². The van der Waals surface area contributed by atoms with E-state index in [1.807, 2.05) is 41.3 Å². The number of hydrogen-bond acceptors (Lipinski definition) is 4. The number of benzene rings is 2. The highest BCUT2D eigenvalue weighted by Crippen LogP contribution is 2.28. The van der Waals surface area contributed by atoms with Gasteiger partial charge >= 0.3 is 0 Å². The van der Waals surface area contributed by atoms with Crippen molar-refractivity contribution in [1.82, 2.24) is 4.90 Å². The van der Waals surface area contributed by atoms with Gasteiger partial charge in [-0.3, -0.25) is 4.79 Å². The zero-order chi connectivity index (χ0) is 17.6. The number of methoxy groups -OCH3 is 1. The summed E-state index contributed by atoms with van der Waals surface area (Å²) in [6.45, 7) is 2.17. The second-order valence-corrected chi connectivity index (χ2v) is 6.26. The standard InChI is InChI=1S/C20H24N2O3.ClH/c1-24-10-11-25-17-9-5-8-16(12-17)20(23)22-13-18(19(21)14-22)15-6-3-2-4-7-15;/h2-9,12,18-19H,10-11,13-14,21H2,1H3;1H/t18-,19+;/m0./s1. The molecule has 0 radical (unpaired) electrons. The fraction of sp³-hybridized carbons (Fsp3) is 0.350. The Kier molecular flexibility index (Phi) is 7.45. The van der Waals surface area contributed by atoms with Crippen LogP contribution < -0.4 is 10.5 Å². The fourth-order valence-corrected chi connectivity index (χ4v) is 3.19. The summed E-state index contributed by atoms with van der Waals surface area (Å²) in [5, 5.41) is 0. The van der Waals surface area contributed by atoms with E-state index in [-0.39, 0.29) is 30.3 Å². The van der Waals surface area contributed by atoms with Crippen LogP contribution in [0.25, 0.3) is 0 Å². The van der Waals surface area contributed by atoms with Gasteiger partial charge in [0, 0.05) is 37.7 Å². The smallest absolute Gasteiger partial charge is 0.254 e. The molecule has 1 fully saturated rings. The molecule has 2 aromatic rings. The maximum Gasteiger partial charge on any atom is 0.254 e. The first-order chi connectivity index (χ1) is 12.2. The Morgan fingerprint density at radius 1 is 1.12 bits per heavy atom. The van der Waals surface area contributed by atoms with E-state index < -0.39 is 0 Å². The minimum absolute atomic E-state index is 0. The molecule has 3 rings (SSSR count). The lowest BCUT2D eigenvalue weighted by atomic mass is 9.95. The van der Waals surface area contributed by atoms with Crippen LogP contribution in [0.2, 0.25) is 0 Å². The molecule has 1 saturated heterocycles. The first-order valence-electron chi connectivity index (χ1n) is 8.50. The van der Waals surface area contributed by atoms with Crippen LogP contribution in [0.5, 0.6) is 5.75 Å². The molecule has 0 aliphatic carbocycles. The van der Waals surface area contributed by atoms with Crippen LogP contribution in [0.1, 0.15) is 21.8 Å². The molecule has 2 atom stereocenters. The third-order valence-corrected chi connectivity index (χ3v) is 4.52. The molecule has 5 nitrogen and oxygen atoms in total. The van der Waals surface area contributed by atoms with Crippen LogP contribution in [-0.4, -0.2) is 50.3 Å². The highest BCUT2D eigenvalue weighted by atomic mass is 35.5. The van der Waals surface area contributed by atoms with Crippen molar-refractivity contribution < 1.29 is 14.3 Å². The van der Waals surface area contributed by atoms with Gasteiger partial charge in [-0.15, -0.1) is 12.4 Å². The van der Waals surface area contributed by atoms with Gasteiger partial charge in [0.1, 0.15) is 12.4 Å². The number of amides is 1. The monoisotopic (exact) mass is 376 g/mol. The van der Waals surface area contributed by atoms with Crippen LogP contribution >= 0.6 is 12.4 Å². The van der Waals surface area contributed by atoms with Gasteiger partial charge in [0.2, 0.25) is 0 Å². The topological polar surface area (TPSA) is 64.8 Å². The highest BCUT2D eigenvalue weighted by molar-refractivity contribution is 5.95. The number of nitrogens with zero attached hydrogens (tertiary/aromatic N) is 1. The molecule has 0 bridgehead atoms. The minimum atomic E-state index is -0.0486. The van der Waals surface area contributed by atoms with E-state index in [0.717, 1.165) is 0 Å². The molecule has 140 valence electrons. The third-order valence-electron chi connectivity index (χ3n) is 4.52. The molecular weight excluding hydrogens is 352 g/mol. The molecule has 0 aromatic heterocycles. The molecule has 2 aromatic carbocycles. The van der Waals surface area contributed by atoms with E-state index in [9.17, 15) is 4.79 Å². The molecule has 1 heterocycles. The van der Waals surface area contributed by atoms with Gasteiger partial charge in [-0.2, -0.15) is 0 Å². The molecule has 0 unspecified atom stereocenters. The Labute approximate surface area is 160 Å². The summed E-state index contributed by atoms with van der Waals surface area (Å²) in [4.78, 5) is 14.7. The number of likely N-dealkylation sites (tertiary alicyclic amines) is 1. The van der Waals surface area contributed by atoms with Gasteiger partial charge in [0.15, 0.2) is 0 Å². The molecule has 2 N–H and O–H groups in total. The third kappa shape index (κ3) is 4.75. The minimum Gasteiger partial charge on any atom is -0.491 e. The van der Waals surface area contributed by atoms with Gasteiger partial charge < -0.3 is 20.1 Å². The summed E-state index contributed by atoms with van der Waals surface area (Å²) in [5.74, 6) is 0.836. The van der Waals surface area contributed by atoms with Gasteiger partial charge in [-0.05, 0) is 23.8 Å². The van der Waals surface area contributed by atoms with E-state index in [0.29, 0.717) is 37.6 Å². The van der Waals surface area contributed by atoms with Crippen molar-refractivity contribution in [2.75, 3.05) is 33.4 Å². The highest BCUT2D eigenvalue weighted by Gasteiger charge is 2.34. The number of carbonyl (C=O) groups is 1. The fourth-order valence-electron chi connectivity index (χ4n) is 3.19. The summed E-state index contributed by atoms with van der Waals surface area (Å²) < 4.78 is 10.6. The SMILES string of the molecule is COCCOc1cccc(C(=O)N2C[C@@H](N)[C@H](c3ccccc3)C2)c1.Cl. The number of rotatable bonds is 6. The van der Waals surface area contributed by atoms with Crippen molar-refractivity contribution in [3.8, 4) is 5.75 Å². The van der Waals surface area contributed by atoms with Gasteiger partial charge in [0.25, 0.3) is 5.91 Å². The molecule has 1 aliphatic heterocycles. The van der Waals surface area contributed by atoms with Gasteiger partial charge in [-0.25, -0.2) is 0 Å². The predicted molar refractivity (Wildman–Crippen MR) is 104 cm³/mol. The normalized spacial score (nSPS) is 19.1. The first-order valence-corrected chi connectivity index (χ1v) is 8.50. The van der Waals surface area contributed by atoms with Crippen LogP contribution in [-0.2, 0) is 4.74 Å². The van der Waals surface area contributed by atoms with Crippen molar-refractivity contribution in [2.45, 2.75) is 12.0 Å². The Morgan fingerprint density at radius 2 is 1.88 bits per heavy atom. The lowest BCUT2D eigenvalue weighted by molar-refractivity contribution is 0.0788. The van der Waals surface area contributed by atoms with Crippen molar-refractivity contribution in [1.29, 1.82) is 0 Å². The molecule has 6 heteroatoms. The summed E-state index contributed by atoms with van der Waals surface area (Å²) >= 11 is 0. The Bertz CT molecular complexity index is 711. The van der Waals surface area contributed by atoms with Crippen LogP contribution in [0.3, 0.4) is 0 Å². The maximum atomic E-state index is 12.8. The van der Waals surface area contributed by atoms with Gasteiger partial charge in [-0.1, -0.05) is 36.4 Å². The van der Waals surface area contributed by atoms with Crippen molar-refractivity contribution in [3.63, 3.8) is 0 Å². The first kappa shape index (κ1) is 20.2. The second-order valence-electron chi connectivity index (χ2n) is 6.26. The van der Waals surface area contributed by atoms with Crippen molar-refractivity contribution in [2.24, 2.45) is 5.73 Å². The zero-order valence-corrected chi connectivity index (χ0v) is 15.7. The predicted octanol–water partition coefficient (Wildman–Crippen LogP) is 2.70. The average Bonchev–Trinajstić information content (AvgIpc) is 3.04. The molecule has 1 aliphatic rings. The summed E-state index contributed by atoms with van der Waals surface area (Å²) in [6, 6.07) is 17.4. The number of nitrogens with two attached hydrogens (primary N) is 1. The zero-order valence-electron chi connectivity index (χ0n) is 14.8. The van der Waals surface area contributed by atoms with Crippen LogP contribution in [0.15, 0.2) is 54.6 Å². The largest absolute Gasteiger partial charge is 0.491 e. The molecule has 26 heavy (non-hydrogen) atoms. The molecular formula is C20H25ClN2O3. The Hall–Kier alpha value is -2.08. The summed E-state index contributed by atoms with van der Waals surface area (Å²) in [7, 11) is 1.63. The number of ether oxygens (including phenoxy) is 2. The van der Waals surface area contributed by atoms with E-state index >= 15 is 0 Å². The van der Waals surface area contributed by atoms with E-state index in [4.69, 9.17) is 15.2 Å². The number of halogens is 1. The van der Waals surface area contributed by atoms with Crippen LogP contribution in [0.4, 0.5) is 0 Å². The number of carbonyl (C=O) groups excluding carboxylic acids is 1. The quantitative estimate of drug-likeness (QED) is 0.787. The van der Waals surface area contributed by atoms with E-state index in [2.05, 4.69) is 12.1 Å². The average molecular weight is 377 g/mol. The molecule has 1 amide bonds. The Balaban J connectivity index is 0.00000243. The molecule has 0 spiro atoms. The Morgan fingerprint density at radius 3 is 2.62 bits per heavy atom. The second kappa shape index (κ2) is 9.57. The summed E-state index contributed by atoms with van der Waals surface area (Å²) in [6.07, 6.45) is 0. The molecule has 0 saturated carbocycles. The maximum absolute atomic E-state index is 12.8. The van der Waals surface area contributed by atoms with Gasteiger partial charge in [0.05, 0.1) is 6.61 Å². The summed E-state index contributed by atoms with van der Waals surface area (Å²) in [5.41, 5.74) is 8.10. The van der Waals surface area contributed by atoms with E-state index in [1.54, 1.807) is 13.2 Å². The van der Waals surface area contributed by atoms with Crippen LogP contribution in [0, 0.1) is 0 Å². The van der Waals surface area contributed by atoms with Crippen molar-refractivity contribution in [3.05, 3.63) is 65.7 Å². The lowest BCUT2D eigenvalue weighted by Gasteiger charge is -2.17.